The van der Waals surface area contributed by atoms with Crippen LogP contribution in [0, 0.1) is 0 Å². The van der Waals surface area contributed by atoms with Gasteiger partial charge in [-0.2, -0.15) is 12.6 Å². The van der Waals surface area contributed by atoms with Gasteiger partial charge in [-0.1, -0.05) is 0 Å². The van der Waals surface area contributed by atoms with E-state index < -0.39 is 5.91 Å². The van der Waals surface area contributed by atoms with Crippen LogP contribution >= 0.6 is 12.6 Å². The largest absolute Gasteiger partial charge is 0.366 e. The molecule has 0 aliphatic rings. The quantitative estimate of drug-likeness (QED) is 0.381. The number of nitrogens with two attached hydrogens (primary N) is 1. The summed E-state index contributed by atoms with van der Waals surface area (Å²) in [6.45, 7) is 0.477. The third-order valence-electron chi connectivity index (χ3n) is 0.810. The van der Waals surface area contributed by atoms with E-state index in [0.29, 0.717) is 12.3 Å². The highest BCUT2D eigenvalue weighted by atomic mass is 32.1. The molecule has 0 spiro atoms. The molecule has 62 valence electrons. The number of hydrogen-bond acceptors (Lipinski definition) is 3. The van der Waals surface area contributed by atoms with Crippen LogP contribution < -0.4 is 11.1 Å². The second-order valence-electron chi connectivity index (χ2n) is 1.75. The first-order chi connectivity index (χ1) is 5.16. The van der Waals surface area contributed by atoms with Crippen LogP contribution in [0.25, 0.3) is 0 Å². The molecule has 0 bridgehead atoms. The first-order valence-electron chi connectivity index (χ1n) is 3.03. The Morgan fingerprint density at radius 2 is 2.09 bits per heavy atom. The van der Waals surface area contributed by atoms with E-state index in [9.17, 15) is 9.59 Å². The minimum absolute atomic E-state index is 0.335. The molecule has 0 saturated carbocycles. The first-order valence-corrected chi connectivity index (χ1v) is 3.66. The van der Waals surface area contributed by atoms with Gasteiger partial charge < -0.3 is 11.1 Å². The molecule has 4 nitrogen and oxygen atoms in total. The van der Waals surface area contributed by atoms with Crippen molar-refractivity contribution in [3.05, 3.63) is 12.2 Å². The van der Waals surface area contributed by atoms with Gasteiger partial charge in [0.1, 0.15) is 0 Å². The van der Waals surface area contributed by atoms with E-state index in [-0.39, 0.29) is 5.91 Å². The van der Waals surface area contributed by atoms with E-state index in [1.807, 2.05) is 0 Å². The summed E-state index contributed by atoms with van der Waals surface area (Å²) in [6, 6.07) is 0. The van der Waals surface area contributed by atoms with E-state index in [1.54, 1.807) is 0 Å². The average Bonchev–Trinajstić information content (AvgIpc) is 1.97. The van der Waals surface area contributed by atoms with Gasteiger partial charge in [-0.15, -0.1) is 0 Å². The lowest BCUT2D eigenvalue weighted by Gasteiger charge is -1.95. The summed E-state index contributed by atoms with van der Waals surface area (Å²) >= 11 is 3.87. The monoisotopic (exact) mass is 174 g/mol. The summed E-state index contributed by atoms with van der Waals surface area (Å²) in [5.74, 6) is -0.403. The molecule has 0 aromatic carbocycles. The third-order valence-corrected chi connectivity index (χ3v) is 1.03. The average molecular weight is 174 g/mol. The molecule has 0 aliphatic heterocycles. The van der Waals surface area contributed by atoms with Gasteiger partial charge in [0.2, 0.25) is 11.8 Å². The fraction of sp³-hybridized carbons (Fsp3) is 0.333. The summed E-state index contributed by atoms with van der Waals surface area (Å²) in [4.78, 5) is 20.8. The molecule has 0 aromatic heterocycles. The van der Waals surface area contributed by atoms with Gasteiger partial charge in [0.15, 0.2) is 0 Å². The maximum atomic E-state index is 10.7. The highest BCUT2D eigenvalue weighted by molar-refractivity contribution is 7.80. The Labute approximate surface area is 70.2 Å². The SMILES string of the molecule is NC(=O)/C=C\C(=O)NCCS. The van der Waals surface area contributed by atoms with Gasteiger partial charge in [0.05, 0.1) is 0 Å². The van der Waals surface area contributed by atoms with Gasteiger partial charge in [-0.25, -0.2) is 0 Å². The summed E-state index contributed by atoms with van der Waals surface area (Å²) in [5.41, 5.74) is 4.75. The van der Waals surface area contributed by atoms with Gasteiger partial charge in [-0.05, 0) is 0 Å². The van der Waals surface area contributed by atoms with Crippen molar-refractivity contribution in [2.75, 3.05) is 12.3 Å². The van der Waals surface area contributed by atoms with Crippen molar-refractivity contribution < 1.29 is 9.59 Å². The summed E-state index contributed by atoms with van der Waals surface area (Å²) in [5, 5.41) is 2.48. The summed E-state index contributed by atoms with van der Waals surface area (Å²) < 4.78 is 0. The lowest BCUT2D eigenvalue weighted by Crippen LogP contribution is -2.23. The topological polar surface area (TPSA) is 72.2 Å². The van der Waals surface area contributed by atoms with Crippen LogP contribution in [0.1, 0.15) is 0 Å². The molecular weight excluding hydrogens is 164 g/mol. The molecule has 0 aromatic rings. The molecule has 0 atom stereocenters. The molecule has 2 amide bonds. The van der Waals surface area contributed by atoms with E-state index in [0.717, 1.165) is 12.2 Å². The molecular formula is C6H10N2O2S. The highest BCUT2D eigenvalue weighted by Gasteiger charge is 1.92. The van der Waals surface area contributed by atoms with Crippen molar-refractivity contribution in [3.63, 3.8) is 0 Å². The second kappa shape index (κ2) is 5.79. The van der Waals surface area contributed by atoms with Crippen LogP contribution in [0.3, 0.4) is 0 Å². The normalized spacial score (nSPS) is 9.91. The Kier molecular flexibility index (Phi) is 5.28. The molecule has 0 heterocycles. The van der Waals surface area contributed by atoms with E-state index >= 15 is 0 Å². The lowest BCUT2D eigenvalue weighted by molar-refractivity contribution is -0.117. The minimum atomic E-state index is -0.633. The maximum absolute atomic E-state index is 10.7. The molecule has 0 radical (unpaired) electrons. The predicted octanol–water partition coefficient (Wildman–Crippen LogP) is -0.926. The molecule has 0 saturated heterocycles. The Hall–Kier alpha value is -0.970. The lowest BCUT2D eigenvalue weighted by atomic mass is 10.4. The van der Waals surface area contributed by atoms with Crippen LogP contribution in [0.15, 0.2) is 12.2 Å². The Balaban J connectivity index is 3.60. The van der Waals surface area contributed by atoms with Crippen LogP contribution in [0.5, 0.6) is 0 Å². The Bertz CT molecular complexity index is 179. The molecule has 3 N–H and O–H groups in total. The standard InChI is InChI=1S/C6H10N2O2S/c7-5(9)1-2-6(10)8-3-4-11/h1-2,11H,3-4H2,(H2,7,9)(H,8,10)/b2-1-. The maximum Gasteiger partial charge on any atom is 0.244 e. The van der Waals surface area contributed by atoms with E-state index in [4.69, 9.17) is 5.73 Å². The van der Waals surface area contributed by atoms with Crippen LogP contribution in [-0.4, -0.2) is 24.1 Å². The zero-order valence-electron chi connectivity index (χ0n) is 5.91. The number of primary amides is 1. The van der Waals surface area contributed by atoms with Gasteiger partial charge >= 0.3 is 0 Å². The van der Waals surface area contributed by atoms with Crippen molar-refractivity contribution in [3.8, 4) is 0 Å². The number of thiol groups is 1. The number of rotatable bonds is 4. The van der Waals surface area contributed by atoms with E-state index in [1.165, 1.54) is 0 Å². The number of hydrogen-bond donors (Lipinski definition) is 3. The summed E-state index contributed by atoms with van der Waals surface area (Å²) in [6.07, 6.45) is 2.10. The van der Waals surface area contributed by atoms with Crippen molar-refractivity contribution in [1.82, 2.24) is 5.32 Å². The van der Waals surface area contributed by atoms with E-state index in [2.05, 4.69) is 17.9 Å². The smallest absolute Gasteiger partial charge is 0.244 e. The zero-order chi connectivity index (χ0) is 8.69. The fourth-order valence-electron chi connectivity index (χ4n) is 0.396. The molecule has 0 fully saturated rings. The van der Waals surface area contributed by atoms with Crippen molar-refractivity contribution >= 4 is 24.4 Å². The molecule has 0 unspecified atom stereocenters. The van der Waals surface area contributed by atoms with Crippen molar-refractivity contribution in [1.29, 1.82) is 0 Å². The second-order valence-corrected chi connectivity index (χ2v) is 2.20. The minimum Gasteiger partial charge on any atom is -0.366 e. The van der Waals surface area contributed by atoms with Crippen LogP contribution in [0.4, 0.5) is 0 Å². The highest BCUT2D eigenvalue weighted by Crippen LogP contribution is 1.74. The Morgan fingerprint density at radius 1 is 1.45 bits per heavy atom. The molecule has 0 aliphatic carbocycles. The van der Waals surface area contributed by atoms with Crippen molar-refractivity contribution in [2.45, 2.75) is 0 Å². The summed E-state index contributed by atoms with van der Waals surface area (Å²) in [7, 11) is 0. The Morgan fingerprint density at radius 3 is 2.55 bits per heavy atom. The molecule has 11 heavy (non-hydrogen) atoms. The van der Waals surface area contributed by atoms with Gasteiger partial charge in [-0.3, -0.25) is 9.59 Å². The van der Waals surface area contributed by atoms with Crippen molar-refractivity contribution in [2.24, 2.45) is 5.73 Å². The van der Waals surface area contributed by atoms with Gasteiger partial charge in [0, 0.05) is 24.4 Å². The van der Waals surface area contributed by atoms with Crippen LogP contribution in [-0.2, 0) is 9.59 Å². The predicted molar refractivity (Wildman–Crippen MR) is 45.2 cm³/mol. The number of carbonyl (C=O) groups is 2. The molecule has 0 rings (SSSR count). The van der Waals surface area contributed by atoms with Crippen LogP contribution in [0.2, 0.25) is 0 Å². The zero-order valence-corrected chi connectivity index (χ0v) is 6.80. The fourth-order valence-corrected chi connectivity index (χ4v) is 0.508. The number of carbonyl (C=O) groups excluding carboxylic acids is 2. The van der Waals surface area contributed by atoms with Gasteiger partial charge in [0.25, 0.3) is 0 Å². The number of nitrogens with one attached hydrogen (secondary N) is 1. The number of amides is 2. The molecule has 5 heteroatoms. The third kappa shape index (κ3) is 6.92. The first kappa shape index (κ1) is 10.0.